The van der Waals surface area contributed by atoms with Gasteiger partial charge in [0.15, 0.2) is 11.5 Å². The lowest BCUT2D eigenvalue weighted by molar-refractivity contribution is -0.401. The van der Waals surface area contributed by atoms with Crippen LogP contribution in [0.4, 0.5) is 5.69 Å². The molecule has 9 nitrogen and oxygen atoms in total. The average Bonchev–Trinajstić information content (AvgIpc) is 2.69. The molecule has 0 aliphatic rings. The Morgan fingerprint density at radius 2 is 1.71 bits per heavy atom. The van der Waals surface area contributed by atoms with Crippen molar-refractivity contribution in [2.45, 2.75) is 13.0 Å². The summed E-state index contributed by atoms with van der Waals surface area (Å²) in [7, 11) is 1.57. The summed E-state index contributed by atoms with van der Waals surface area (Å²) >= 11 is 0. The van der Waals surface area contributed by atoms with Gasteiger partial charge >= 0.3 is 0 Å². The molecule has 0 saturated heterocycles. The van der Waals surface area contributed by atoms with E-state index >= 15 is 0 Å². The topological polar surface area (TPSA) is 114 Å². The number of benzene rings is 2. The van der Waals surface area contributed by atoms with Gasteiger partial charge in [0.05, 0.1) is 28.1 Å². The lowest BCUT2D eigenvalue weighted by atomic mass is 10.1. The smallest absolute Gasteiger partial charge is 0.280 e. The summed E-state index contributed by atoms with van der Waals surface area (Å²) in [5, 5.41) is 22.0. The van der Waals surface area contributed by atoms with Crippen molar-refractivity contribution in [2.75, 3.05) is 20.3 Å². The van der Waals surface area contributed by atoms with Crippen molar-refractivity contribution >= 4 is 11.8 Å². The largest absolute Gasteiger partial charge is 0.489 e. The van der Waals surface area contributed by atoms with Gasteiger partial charge < -0.3 is 14.2 Å². The number of hydrogen-bond donors (Lipinski definition) is 0. The third kappa shape index (κ3) is 6.36. The Morgan fingerprint density at radius 1 is 1.00 bits per heavy atom. The first-order valence-electron chi connectivity index (χ1n) is 8.44. The molecule has 0 amide bonds. The van der Waals surface area contributed by atoms with Crippen LogP contribution in [0.25, 0.3) is 6.08 Å². The molecule has 0 saturated carbocycles. The van der Waals surface area contributed by atoms with E-state index in [1.807, 2.05) is 30.3 Å². The molecule has 2 rings (SSSR count). The third-order valence-corrected chi connectivity index (χ3v) is 3.65. The molecule has 0 aliphatic heterocycles. The summed E-state index contributed by atoms with van der Waals surface area (Å²) in [5.74, 6) is 0.451. The van der Waals surface area contributed by atoms with Crippen molar-refractivity contribution in [3.63, 3.8) is 0 Å². The maximum atomic E-state index is 11.4. The molecule has 0 aliphatic carbocycles. The summed E-state index contributed by atoms with van der Waals surface area (Å²) in [6, 6.07) is 11.9. The Labute approximate surface area is 161 Å². The standard InChI is InChI=1S/C19H20N2O7/c1-26-10-5-11-27-19-13-17(21(24)25)16(8-9-20(22)23)12-18(19)28-14-15-6-3-2-4-7-15/h2-4,6-9,12-13H,5,10-11,14H2,1H3. The zero-order chi connectivity index (χ0) is 20.4. The number of ether oxygens (including phenoxy) is 3. The molecule has 0 unspecified atom stereocenters. The monoisotopic (exact) mass is 388 g/mol. The van der Waals surface area contributed by atoms with Crippen LogP contribution in [0.15, 0.2) is 48.7 Å². The van der Waals surface area contributed by atoms with Crippen LogP contribution >= 0.6 is 0 Å². The van der Waals surface area contributed by atoms with Crippen molar-refractivity contribution in [2.24, 2.45) is 0 Å². The third-order valence-electron chi connectivity index (χ3n) is 3.65. The van der Waals surface area contributed by atoms with Crippen LogP contribution in [0.2, 0.25) is 0 Å². The first-order chi connectivity index (χ1) is 13.5. The minimum Gasteiger partial charge on any atom is -0.489 e. The molecule has 0 aromatic heterocycles. The first-order valence-corrected chi connectivity index (χ1v) is 8.44. The highest BCUT2D eigenvalue weighted by molar-refractivity contribution is 5.66. The van der Waals surface area contributed by atoms with Gasteiger partial charge in [-0.3, -0.25) is 20.2 Å². The number of nitrogens with zero attached hydrogens (tertiary/aromatic N) is 2. The molecule has 0 heterocycles. The lowest BCUT2D eigenvalue weighted by Gasteiger charge is -2.14. The van der Waals surface area contributed by atoms with E-state index in [2.05, 4.69) is 0 Å². The molecule has 2 aromatic carbocycles. The Bertz CT molecular complexity index is 838. The van der Waals surface area contributed by atoms with Crippen molar-refractivity contribution in [1.82, 2.24) is 0 Å². The Kier molecular flexibility index (Phi) is 7.92. The van der Waals surface area contributed by atoms with Gasteiger partial charge in [-0.05, 0) is 11.6 Å². The minimum absolute atomic E-state index is 0.0500. The van der Waals surface area contributed by atoms with Gasteiger partial charge in [0.2, 0.25) is 6.20 Å². The maximum absolute atomic E-state index is 11.4. The van der Waals surface area contributed by atoms with Crippen molar-refractivity contribution in [3.05, 3.63) is 80.0 Å². The van der Waals surface area contributed by atoms with E-state index in [-0.39, 0.29) is 36.0 Å². The molecule has 28 heavy (non-hydrogen) atoms. The molecule has 0 atom stereocenters. The second-order valence-electron chi connectivity index (χ2n) is 5.69. The normalized spacial score (nSPS) is 10.8. The fourth-order valence-corrected chi connectivity index (χ4v) is 2.34. The highest BCUT2D eigenvalue weighted by atomic mass is 16.6. The molecule has 0 radical (unpaired) electrons. The Balaban J connectivity index is 2.33. The van der Waals surface area contributed by atoms with Gasteiger partial charge in [0, 0.05) is 26.2 Å². The summed E-state index contributed by atoms with van der Waals surface area (Å²) in [6.07, 6.45) is 2.29. The fraction of sp³-hybridized carbons (Fsp3) is 0.263. The SMILES string of the molecule is COCCCOc1cc([N+](=O)[O-])c(C=C[N+](=O)[O-])cc1OCc1ccccc1. The molecule has 9 heteroatoms. The van der Waals surface area contributed by atoms with Gasteiger partial charge in [0.25, 0.3) is 5.69 Å². The van der Waals surface area contributed by atoms with Crippen molar-refractivity contribution < 1.29 is 24.1 Å². The molecular weight excluding hydrogens is 368 g/mol. The number of rotatable bonds is 11. The van der Waals surface area contributed by atoms with Crippen LogP contribution in [0, 0.1) is 20.2 Å². The van der Waals surface area contributed by atoms with Crippen molar-refractivity contribution in [1.29, 1.82) is 0 Å². The van der Waals surface area contributed by atoms with Crippen LogP contribution in [0.3, 0.4) is 0 Å². The molecule has 0 spiro atoms. The Morgan fingerprint density at radius 3 is 2.36 bits per heavy atom. The predicted molar refractivity (Wildman–Crippen MR) is 102 cm³/mol. The van der Waals surface area contributed by atoms with Crippen molar-refractivity contribution in [3.8, 4) is 11.5 Å². The van der Waals surface area contributed by atoms with Crippen LogP contribution in [0.5, 0.6) is 11.5 Å². The highest BCUT2D eigenvalue weighted by Crippen LogP contribution is 2.36. The number of nitro groups is 2. The molecule has 0 fully saturated rings. The van der Waals surface area contributed by atoms with E-state index < -0.39 is 9.85 Å². The van der Waals surface area contributed by atoms with Gasteiger partial charge in [-0.2, -0.15) is 0 Å². The molecule has 0 N–H and O–H groups in total. The molecule has 2 aromatic rings. The van der Waals surface area contributed by atoms with Gasteiger partial charge in [-0.15, -0.1) is 0 Å². The highest BCUT2D eigenvalue weighted by Gasteiger charge is 2.19. The van der Waals surface area contributed by atoms with E-state index in [0.29, 0.717) is 19.2 Å². The summed E-state index contributed by atoms with van der Waals surface area (Å²) in [4.78, 5) is 20.7. The number of nitro benzene ring substituents is 1. The number of hydrogen-bond acceptors (Lipinski definition) is 7. The van der Waals surface area contributed by atoms with Crippen LogP contribution in [-0.2, 0) is 11.3 Å². The number of methoxy groups -OCH3 is 1. The molecule has 0 bridgehead atoms. The second-order valence-corrected chi connectivity index (χ2v) is 5.69. The first kappa shape index (κ1) is 20.8. The summed E-state index contributed by atoms with van der Waals surface area (Å²) in [5.41, 5.74) is 0.634. The van der Waals surface area contributed by atoms with Crippen LogP contribution in [0.1, 0.15) is 17.5 Å². The zero-order valence-electron chi connectivity index (χ0n) is 15.3. The maximum Gasteiger partial charge on any atom is 0.280 e. The fourth-order valence-electron chi connectivity index (χ4n) is 2.34. The van der Waals surface area contributed by atoms with E-state index in [9.17, 15) is 20.2 Å². The van der Waals surface area contributed by atoms with E-state index in [1.165, 1.54) is 12.1 Å². The molecular formula is C19H20N2O7. The zero-order valence-corrected chi connectivity index (χ0v) is 15.3. The van der Waals surface area contributed by atoms with E-state index in [4.69, 9.17) is 14.2 Å². The van der Waals surface area contributed by atoms with Crippen LogP contribution in [-0.4, -0.2) is 30.2 Å². The Hall–Kier alpha value is -3.46. The quantitative estimate of drug-likeness (QED) is 0.326. The summed E-state index contributed by atoms with van der Waals surface area (Å²) in [6.45, 7) is 0.966. The summed E-state index contributed by atoms with van der Waals surface area (Å²) < 4.78 is 16.4. The minimum atomic E-state index is -0.691. The van der Waals surface area contributed by atoms with Crippen LogP contribution < -0.4 is 9.47 Å². The average molecular weight is 388 g/mol. The van der Waals surface area contributed by atoms with Gasteiger partial charge in [-0.1, -0.05) is 30.3 Å². The predicted octanol–water partition coefficient (Wildman–Crippen LogP) is 3.84. The van der Waals surface area contributed by atoms with E-state index in [1.54, 1.807) is 7.11 Å². The lowest BCUT2D eigenvalue weighted by Crippen LogP contribution is -2.05. The second kappa shape index (κ2) is 10.6. The molecule has 148 valence electrons. The van der Waals surface area contributed by atoms with E-state index in [0.717, 1.165) is 11.6 Å². The van der Waals surface area contributed by atoms with Gasteiger partial charge in [-0.25, -0.2) is 0 Å². The van der Waals surface area contributed by atoms with Gasteiger partial charge in [0.1, 0.15) is 6.61 Å².